The first-order valence-electron chi connectivity index (χ1n) is 15.4. The number of hydrogen-bond acceptors (Lipinski definition) is 8. The van der Waals surface area contributed by atoms with E-state index in [9.17, 15) is 9.59 Å². The molecule has 240 valence electrons. The molecule has 1 aliphatic rings. The third-order valence-electron chi connectivity index (χ3n) is 7.33. The number of ether oxygens (including phenoxy) is 4. The highest BCUT2D eigenvalue weighted by Crippen LogP contribution is 2.44. The molecule has 1 amide bonds. The average molecular weight is 617 g/mol. The maximum atomic E-state index is 14.3. The summed E-state index contributed by atoms with van der Waals surface area (Å²) in [7, 11) is 1.58. The van der Waals surface area contributed by atoms with E-state index < -0.39 is 23.2 Å². The third kappa shape index (κ3) is 9.31. The average Bonchev–Trinajstić information content (AvgIpc) is 3.43. The van der Waals surface area contributed by atoms with E-state index in [1.54, 1.807) is 19.2 Å². The van der Waals surface area contributed by atoms with Crippen LogP contribution in [0.15, 0.2) is 83.9 Å². The fraction of sp³-hybridized carbons (Fsp3) is 0.417. The van der Waals surface area contributed by atoms with Gasteiger partial charge in [0.1, 0.15) is 17.1 Å². The second kappa shape index (κ2) is 15.6. The molecule has 3 aromatic carbocycles. The van der Waals surface area contributed by atoms with Crippen LogP contribution in [0.2, 0.25) is 0 Å². The number of esters is 1. The molecule has 1 aliphatic heterocycles. The van der Waals surface area contributed by atoms with Crippen molar-refractivity contribution in [2.45, 2.75) is 70.1 Å². The van der Waals surface area contributed by atoms with Crippen molar-refractivity contribution in [2.75, 3.05) is 26.9 Å². The predicted molar refractivity (Wildman–Crippen MR) is 173 cm³/mol. The molecule has 2 atom stereocenters. The fourth-order valence-corrected chi connectivity index (χ4v) is 5.15. The number of carbonyl (C=O) groups is 2. The van der Waals surface area contributed by atoms with Gasteiger partial charge in [-0.2, -0.15) is 0 Å². The molecule has 9 heteroatoms. The highest BCUT2D eigenvalue weighted by Gasteiger charge is 2.53. The minimum absolute atomic E-state index is 0.0348. The zero-order valence-electron chi connectivity index (χ0n) is 26.6. The van der Waals surface area contributed by atoms with Gasteiger partial charge in [0.05, 0.1) is 13.7 Å². The molecule has 4 rings (SSSR count). The van der Waals surface area contributed by atoms with Crippen LogP contribution in [0.4, 0.5) is 0 Å². The number of methoxy groups -OCH3 is 1. The van der Waals surface area contributed by atoms with Crippen molar-refractivity contribution in [3.8, 4) is 11.5 Å². The van der Waals surface area contributed by atoms with Crippen molar-refractivity contribution in [3.63, 3.8) is 0 Å². The van der Waals surface area contributed by atoms with Gasteiger partial charge in [0.25, 0.3) is 5.91 Å². The van der Waals surface area contributed by atoms with E-state index in [4.69, 9.17) is 29.0 Å². The minimum Gasteiger partial charge on any atom is -0.497 e. The quantitative estimate of drug-likeness (QED) is 0.169. The normalized spacial score (nSPS) is 17.6. The fourth-order valence-electron chi connectivity index (χ4n) is 5.15. The lowest BCUT2D eigenvalue weighted by Crippen LogP contribution is -2.49. The van der Waals surface area contributed by atoms with E-state index in [-0.39, 0.29) is 31.3 Å². The molecule has 0 radical (unpaired) electrons. The van der Waals surface area contributed by atoms with E-state index in [2.05, 4.69) is 17.4 Å². The summed E-state index contributed by atoms with van der Waals surface area (Å²) in [5.41, 5.74) is 0.419. The number of aliphatic hydroxyl groups excluding tert-OH is 1. The summed E-state index contributed by atoms with van der Waals surface area (Å²) in [5, 5.41) is 12.1. The van der Waals surface area contributed by atoms with Crippen molar-refractivity contribution < 1.29 is 33.6 Å². The largest absolute Gasteiger partial charge is 0.497 e. The van der Waals surface area contributed by atoms with Gasteiger partial charge >= 0.3 is 5.97 Å². The summed E-state index contributed by atoms with van der Waals surface area (Å²) in [4.78, 5) is 32.2. The number of aliphatic hydroxyl groups is 1. The van der Waals surface area contributed by atoms with Crippen LogP contribution in [0, 0.1) is 0 Å². The van der Waals surface area contributed by atoms with Gasteiger partial charge in [-0.3, -0.25) is 9.59 Å². The van der Waals surface area contributed by atoms with Crippen molar-refractivity contribution in [1.82, 2.24) is 5.32 Å². The van der Waals surface area contributed by atoms with Crippen molar-refractivity contribution >= 4 is 17.8 Å². The Balaban J connectivity index is 1.66. The first-order chi connectivity index (χ1) is 21.6. The van der Waals surface area contributed by atoms with E-state index in [1.807, 2.05) is 75.4 Å². The predicted octanol–water partition coefficient (Wildman–Crippen LogP) is 5.58. The van der Waals surface area contributed by atoms with E-state index >= 15 is 0 Å². The molecule has 1 heterocycles. The second-order valence-corrected chi connectivity index (χ2v) is 12.0. The second-order valence-electron chi connectivity index (χ2n) is 12.0. The Morgan fingerprint density at radius 1 is 0.978 bits per heavy atom. The first kappa shape index (κ1) is 33.5. The van der Waals surface area contributed by atoms with Crippen molar-refractivity contribution in [2.24, 2.45) is 4.99 Å². The monoisotopic (exact) mass is 616 g/mol. The number of hydrogen-bond donors (Lipinski definition) is 2. The summed E-state index contributed by atoms with van der Waals surface area (Å²) >= 11 is 0. The molecule has 0 aromatic heterocycles. The Kier molecular flexibility index (Phi) is 11.6. The lowest BCUT2D eigenvalue weighted by Gasteiger charge is -2.31. The van der Waals surface area contributed by atoms with Crippen molar-refractivity contribution in [1.29, 1.82) is 0 Å². The van der Waals surface area contributed by atoms with Crippen LogP contribution in [0.1, 0.15) is 69.2 Å². The molecule has 3 aromatic rings. The number of aliphatic imine (C=N–C) groups is 1. The maximum Gasteiger partial charge on any atom is 0.306 e. The van der Waals surface area contributed by atoms with Gasteiger partial charge in [-0.15, -0.1) is 0 Å². The zero-order chi connectivity index (χ0) is 32.3. The van der Waals surface area contributed by atoms with E-state index in [0.717, 1.165) is 12.8 Å². The maximum absolute atomic E-state index is 14.3. The first-order valence-corrected chi connectivity index (χ1v) is 15.4. The Morgan fingerprint density at radius 3 is 2.42 bits per heavy atom. The van der Waals surface area contributed by atoms with Gasteiger partial charge in [0.2, 0.25) is 5.90 Å². The van der Waals surface area contributed by atoms with E-state index in [0.29, 0.717) is 42.2 Å². The molecule has 0 fully saturated rings. The number of benzene rings is 3. The van der Waals surface area contributed by atoms with E-state index in [1.165, 1.54) is 5.56 Å². The van der Waals surface area contributed by atoms with Crippen LogP contribution in [0.3, 0.4) is 0 Å². The number of aryl methyl sites for hydroxylation is 1. The van der Waals surface area contributed by atoms with Gasteiger partial charge in [0.15, 0.2) is 11.6 Å². The molecule has 0 saturated carbocycles. The Morgan fingerprint density at radius 2 is 1.73 bits per heavy atom. The van der Waals surface area contributed by atoms with Crippen LogP contribution in [0.5, 0.6) is 11.5 Å². The number of rotatable bonds is 15. The molecule has 0 spiro atoms. The number of carbonyl (C=O) groups excluding carboxylic acids is 2. The summed E-state index contributed by atoms with van der Waals surface area (Å²) in [6, 6.07) is 24.7. The standard InChI is InChI=1S/C36H44N2O7/c1-35(2,3)45-31(40)20-21-36(34(41)37-22-9-13-26-11-6-5-7-12-26)32(28-14-8-15-30(25-28)42-4)44-33(38-36)27-16-18-29(19-17-27)43-24-10-23-39/h5-8,11-12,14-19,25,32,39H,9-10,13,20-24H2,1-4H3,(H,37,41)/t32-,36-/m1/s1. The Hall–Kier alpha value is -4.37. The van der Waals surface area contributed by atoms with Crippen LogP contribution in [-0.4, -0.2) is 60.9 Å². The molecular formula is C36H44N2O7. The highest BCUT2D eigenvalue weighted by atomic mass is 16.6. The zero-order valence-corrected chi connectivity index (χ0v) is 26.6. The molecule has 0 aliphatic carbocycles. The molecule has 0 unspecified atom stereocenters. The third-order valence-corrected chi connectivity index (χ3v) is 7.33. The molecule has 9 nitrogen and oxygen atoms in total. The van der Waals surface area contributed by atoms with Crippen molar-refractivity contribution in [3.05, 3.63) is 95.6 Å². The molecule has 0 saturated heterocycles. The van der Waals surface area contributed by atoms with Gasteiger partial charge in [-0.05, 0) is 87.6 Å². The topological polar surface area (TPSA) is 116 Å². The molecule has 45 heavy (non-hydrogen) atoms. The highest BCUT2D eigenvalue weighted by molar-refractivity contribution is 6.01. The summed E-state index contributed by atoms with van der Waals surface area (Å²) in [5.74, 6) is 0.788. The van der Waals surface area contributed by atoms with Gasteiger partial charge in [0, 0.05) is 31.6 Å². The van der Waals surface area contributed by atoms with Gasteiger partial charge in [-0.25, -0.2) is 4.99 Å². The minimum atomic E-state index is -1.46. The molecule has 0 bridgehead atoms. The van der Waals surface area contributed by atoms with Crippen LogP contribution >= 0.6 is 0 Å². The number of nitrogens with one attached hydrogen (secondary N) is 1. The van der Waals surface area contributed by atoms with Gasteiger partial charge in [-0.1, -0.05) is 42.5 Å². The summed E-state index contributed by atoms with van der Waals surface area (Å²) in [6.07, 6.45) is 1.27. The number of nitrogens with zero attached hydrogens (tertiary/aromatic N) is 1. The lowest BCUT2D eigenvalue weighted by molar-refractivity contribution is -0.155. The van der Waals surface area contributed by atoms with Crippen LogP contribution in [-0.2, 0) is 25.5 Å². The van der Waals surface area contributed by atoms with Gasteiger partial charge < -0.3 is 29.4 Å². The Labute approximate surface area is 265 Å². The Bertz CT molecular complexity index is 1430. The smallest absolute Gasteiger partial charge is 0.306 e. The number of amides is 1. The van der Waals surface area contributed by atoms with Crippen LogP contribution < -0.4 is 14.8 Å². The summed E-state index contributed by atoms with van der Waals surface area (Å²) < 4.78 is 23.3. The SMILES string of the molecule is COc1cccc([C@H]2OC(c3ccc(OCCCO)cc3)=N[C@@]2(CCC(=O)OC(C)(C)C)C(=O)NCCCc2ccccc2)c1. The molecular weight excluding hydrogens is 572 g/mol. The summed E-state index contributed by atoms with van der Waals surface area (Å²) in [6.45, 7) is 6.30. The lowest BCUT2D eigenvalue weighted by atomic mass is 9.83. The molecule has 2 N–H and O–H groups in total. The van der Waals surface area contributed by atoms with Crippen LogP contribution in [0.25, 0.3) is 0 Å².